The quantitative estimate of drug-likeness (QED) is 0.655. The SMILES string of the molecule is Nc1nc(-c2c[nH]c3ccncc23)cs1. The number of hydrogen-bond donors (Lipinski definition) is 2. The molecule has 0 aliphatic carbocycles. The van der Waals surface area contributed by atoms with Gasteiger partial charge in [0.25, 0.3) is 0 Å². The van der Waals surface area contributed by atoms with Crippen LogP contribution in [0.4, 0.5) is 5.13 Å². The molecule has 3 rings (SSSR count). The lowest BCUT2D eigenvalue weighted by molar-refractivity contribution is 1.36. The first-order chi connectivity index (χ1) is 7.34. The topological polar surface area (TPSA) is 67.6 Å². The van der Waals surface area contributed by atoms with Crippen molar-refractivity contribution in [2.75, 3.05) is 5.73 Å². The lowest BCUT2D eigenvalue weighted by Gasteiger charge is -1.92. The van der Waals surface area contributed by atoms with Gasteiger partial charge in [-0.1, -0.05) is 0 Å². The lowest BCUT2D eigenvalue weighted by Crippen LogP contribution is -1.82. The normalized spacial score (nSPS) is 10.9. The molecule has 0 amide bonds. The van der Waals surface area contributed by atoms with Crippen molar-refractivity contribution in [3.63, 3.8) is 0 Å². The number of aromatic amines is 1. The standard InChI is InChI=1S/C10H8N4S/c11-10-14-9(5-15-10)7-4-13-8-1-2-12-3-6(7)8/h1-5,13H,(H2,11,14). The fourth-order valence-corrected chi connectivity index (χ4v) is 2.15. The number of pyridine rings is 1. The van der Waals surface area contributed by atoms with Crippen molar-refractivity contribution in [3.05, 3.63) is 30.0 Å². The predicted molar refractivity (Wildman–Crippen MR) is 61.6 cm³/mol. The van der Waals surface area contributed by atoms with Crippen LogP contribution in [0.15, 0.2) is 30.0 Å². The van der Waals surface area contributed by atoms with Gasteiger partial charge in [0, 0.05) is 40.4 Å². The molecule has 4 nitrogen and oxygen atoms in total. The Hall–Kier alpha value is -1.88. The molecule has 0 aromatic carbocycles. The maximum Gasteiger partial charge on any atom is 0.180 e. The highest BCUT2D eigenvalue weighted by Crippen LogP contribution is 2.29. The number of hydrogen-bond acceptors (Lipinski definition) is 4. The summed E-state index contributed by atoms with van der Waals surface area (Å²) < 4.78 is 0. The van der Waals surface area contributed by atoms with Crippen LogP contribution in [0.25, 0.3) is 22.2 Å². The number of anilines is 1. The molecule has 0 spiro atoms. The fourth-order valence-electron chi connectivity index (χ4n) is 1.59. The number of aromatic nitrogens is 3. The average molecular weight is 216 g/mol. The minimum Gasteiger partial charge on any atom is -0.375 e. The number of nitrogen functional groups attached to an aromatic ring is 1. The third-order valence-electron chi connectivity index (χ3n) is 2.28. The third-order valence-corrected chi connectivity index (χ3v) is 2.96. The molecule has 0 fully saturated rings. The van der Waals surface area contributed by atoms with Crippen LogP contribution in [0.2, 0.25) is 0 Å². The van der Waals surface area contributed by atoms with Crippen LogP contribution in [0.5, 0.6) is 0 Å². The van der Waals surface area contributed by atoms with Gasteiger partial charge in [-0.3, -0.25) is 4.98 Å². The second-order valence-electron chi connectivity index (χ2n) is 3.19. The van der Waals surface area contributed by atoms with Gasteiger partial charge in [0.1, 0.15) is 0 Å². The molecule has 3 heterocycles. The highest BCUT2D eigenvalue weighted by Gasteiger charge is 2.08. The van der Waals surface area contributed by atoms with E-state index in [1.54, 1.807) is 6.20 Å². The van der Waals surface area contributed by atoms with Crippen LogP contribution < -0.4 is 5.73 Å². The Morgan fingerprint density at radius 3 is 3.13 bits per heavy atom. The Labute approximate surface area is 89.8 Å². The van der Waals surface area contributed by atoms with Gasteiger partial charge < -0.3 is 10.7 Å². The summed E-state index contributed by atoms with van der Waals surface area (Å²) in [6, 6.07) is 1.94. The summed E-state index contributed by atoms with van der Waals surface area (Å²) in [5.74, 6) is 0. The molecule has 0 bridgehead atoms. The largest absolute Gasteiger partial charge is 0.375 e. The van der Waals surface area contributed by atoms with Gasteiger partial charge in [0.15, 0.2) is 5.13 Å². The highest BCUT2D eigenvalue weighted by atomic mass is 32.1. The van der Waals surface area contributed by atoms with Crippen LogP contribution in [0, 0.1) is 0 Å². The molecule has 0 radical (unpaired) electrons. The summed E-state index contributed by atoms with van der Waals surface area (Å²) >= 11 is 1.44. The second kappa shape index (κ2) is 3.06. The molecule has 0 unspecified atom stereocenters. The van der Waals surface area contributed by atoms with Gasteiger partial charge in [-0.05, 0) is 6.07 Å². The Morgan fingerprint density at radius 1 is 1.40 bits per heavy atom. The molecule has 74 valence electrons. The van der Waals surface area contributed by atoms with E-state index in [9.17, 15) is 0 Å². The van der Waals surface area contributed by atoms with E-state index in [4.69, 9.17) is 5.73 Å². The number of thiazole rings is 1. The van der Waals surface area contributed by atoms with Crippen molar-refractivity contribution in [2.45, 2.75) is 0 Å². The number of H-pyrrole nitrogens is 1. The molecule has 0 atom stereocenters. The van der Waals surface area contributed by atoms with E-state index >= 15 is 0 Å². The van der Waals surface area contributed by atoms with Gasteiger partial charge >= 0.3 is 0 Å². The van der Waals surface area contributed by atoms with Crippen molar-refractivity contribution in [2.24, 2.45) is 0 Å². The van der Waals surface area contributed by atoms with Crippen LogP contribution in [-0.2, 0) is 0 Å². The van der Waals surface area contributed by atoms with Crippen LogP contribution in [0.3, 0.4) is 0 Å². The van der Waals surface area contributed by atoms with Crippen LogP contribution in [0.1, 0.15) is 0 Å². The molecular formula is C10H8N4S. The van der Waals surface area contributed by atoms with Crippen molar-refractivity contribution in [3.8, 4) is 11.3 Å². The van der Waals surface area contributed by atoms with Crippen LogP contribution >= 0.6 is 11.3 Å². The highest BCUT2D eigenvalue weighted by molar-refractivity contribution is 7.13. The minimum absolute atomic E-state index is 0.586. The third kappa shape index (κ3) is 1.28. The molecule has 0 aliphatic rings. The fraction of sp³-hybridized carbons (Fsp3) is 0. The zero-order valence-corrected chi connectivity index (χ0v) is 8.58. The van der Waals surface area contributed by atoms with Gasteiger partial charge in [0.2, 0.25) is 0 Å². The van der Waals surface area contributed by atoms with E-state index in [0.717, 1.165) is 22.2 Å². The first kappa shape index (κ1) is 8.43. The van der Waals surface area contributed by atoms with Crippen molar-refractivity contribution in [1.29, 1.82) is 0 Å². The van der Waals surface area contributed by atoms with Gasteiger partial charge in [-0.15, -0.1) is 11.3 Å². The summed E-state index contributed by atoms with van der Waals surface area (Å²) in [5, 5.41) is 3.61. The molecule has 5 heteroatoms. The Balaban J connectivity index is 2.27. The zero-order valence-electron chi connectivity index (χ0n) is 7.77. The van der Waals surface area contributed by atoms with Crippen molar-refractivity contribution >= 4 is 27.4 Å². The van der Waals surface area contributed by atoms with E-state index in [-0.39, 0.29) is 0 Å². The van der Waals surface area contributed by atoms with E-state index < -0.39 is 0 Å². The predicted octanol–water partition coefficient (Wildman–Crippen LogP) is 2.27. The van der Waals surface area contributed by atoms with E-state index in [1.807, 2.05) is 23.8 Å². The Bertz CT molecular complexity index is 610. The number of rotatable bonds is 1. The number of nitrogens with zero attached hydrogens (tertiary/aromatic N) is 2. The lowest BCUT2D eigenvalue weighted by atomic mass is 10.2. The first-order valence-electron chi connectivity index (χ1n) is 4.47. The average Bonchev–Trinajstić information content (AvgIpc) is 2.83. The summed E-state index contributed by atoms with van der Waals surface area (Å²) in [7, 11) is 0. The minimum atomic E-state index is 0.586. The monoisotopic (exact) mass is 216 g/mol. The van der Waals surface area contributed by atoms with E-state index in [0.29, 0.717) is 5.13 Å². The first-order valence-corrected chi connectivity index (χ1v) is 5.35. The summed E-state index contributed by atoms with van der Waals surface area (Å²) in [6.45, 7) is 0. The van der Waals surface area contributed by atoms with Crippen molar-refractivity contribution < 1.29 is 0 Å². The summed E-state index contributed by atoms with van der Waals surface area (Å²) in [5.41, 5.74) is 8.62. The molecule has 3 aromatic heterocycles. The van der Waals surface area contributed by atoms with E-state index in [2.05, 4.69) is 15.0 Å². The van der Waals surface area contributed by atoms with Crippen molar-refractivity contribution in [1.82, 2.24) is 15.0 Å². The maximum absolute atomic E-state index is 5.61. The summed E-state index contributed by atoms with van der Waals surface area (Å²) in [4.78, 5) is 11.5. The molecule has 0 saturated heterocycles. The Kier molecular flexibility index (Phi) is 1.72. The maximum atomic E-state index is 5.61. The molecule has 0 aliphatic heterocycles. The zero-order chi connectivity index (χ0) is 10.3. The number of fused-ring (bicyclic) bond motifs is 1. The molecule has 3 aromatic rings. The van der Waals surface area contributed by atoms with E-state index in [1.165, 1.54) is 11.3 Å². The van der Waals surface area contributed by atoms with Gasteiger partial charge in [-0.2, -0.15) is 0 Å². The summed E-state index contributed by atoms with van der Waals surface area (Å²) in [6.07, 6.45) is 5.52. The second-order valence-corrected chi connectivity index (χ2v) is 4.08. The number of nitrogens with two attached hydrogens (primary N) is 1. The molecule has 0 saturated carbocycles. The van der Waals surface area contributed by atoms with Gasteiger partial charge in [-0.25, -0.2) is 4.98 Å². The van der Waals surface area contributed by atoms with Gasteiger partial charge in [0.05, 0.1) is 5.69 Å². The molecule has 15 heavy (non-hydrogen) atoms. The molecule has 3 N–H and O–H groups in total. The molecular weight excluding hydrogens is 208 g/mol. The Morgan fingerprint density at radius 2 is 2.33 bits per heavy atom. The smallest absolute Gasteiger partial charge is 0.180 e. The van der Waals surface area contributed by atoms with Crippen LogP contribution in [-0.4, -0.2) is 15.0 Å². The number of nitrogens with one attached hydrogen (secondary N) is 1.